The lowest BCUT2D eigenvalue weighted by Crippen LogP contribution is -1.92. The Bertz CT molecular complexity index is 549. The highest BCUT2D eigenvalue weighted by Crippen LogP contribution is 2.31. The van der Waals surface area contributed by atoms with Gasteiger partial charge in [-0.1, -0.05) is 27.5 Å². The molecule has 1 aromatic carbocycles. The van der Waals surface area contributed by atoms with Crippen molar-refractivity contribution in [2.45, 2.75) is 20.8 Å². The van der Waals surface area contributed by atoms with E-state index >= 15 is 0 Å². The van der Waals surface area contributed by atoms with Crippen molar-refractivity contribution in [2.24, 2.45) is 0 Å². The van der Waals surface area contributed by atoms with Crippen molar-refractivity contribution in [1.82, 2.24) is 4.98 Å². The molecular weight excluding hydrogens is 273 g/mol. The molecular formula is C12H11BrClN. The summed E-state index contributed by atoms with van der Waals surface area (Å²) < 4.78 is 1.04. The number of benzene rings is 1. The first-order valence-electron chi connectivity index (χ1n) is 4.73. The van der Waals surface area contributed by atoms with Gasteiger partial charge in [-0.05, 0) is 44.0 Å². The van der Waals surface area contributed by atoms with Crippen LogP contribution in [0, 0.1) is 20.8 Å². The van der Waals surface area contributed by atoms with E-state index in [1.54, 1.807) is 0 Å². The summed E-state index contributed by atoms with van der Waals surface area (Å²) in [6.45, 7) is 6.04. The summed E-state index contributed by atoms with van der Waals surface area (Å²) in [6.07, 6.45) is 0. The van der Waals surface area contributed by atoms with Crippen LogP contribution in [0.3, 0.4) is 0 Å². The minimum absolute atomic E-state index is 0.807. The monoisotopic (exact) mass is 283 g/mol. The molecule has 0 amide bonds. The van der Waals surface area contributed by atoms with E-state index in [0.29, 0.717) is 0 Å². The highest BCUT2D eigenvalue weighted by molar-refractivity contribution is 9.10. The second-order valence-corrected chi connectivity index (χ2v) is 5.05. The van der Waals surface area contributed by atoms with Gasteiger partial charge in [0.2, 0.25) is 0 Å². The summed E-state index contributed by atoms with van der Waals surface area (Å²) in [5.41, 5.74) is 4.19. The summed E-state index contributed by atoms with van der Waals surface area (Å²) in [7, 11) is 0. The summed E-state index contributed by atoms with van der Waals surface area (Å²) >= 11 is 9.79. The fourth-order valence-corrected chi connectivity index (χ4v) is 2.52. The van der Waals surface area contributed by atoms with E-state index in [-0.39, 0.29) is 0 Å². The first-order chi connectivity index (χ1) is 7.00. The van der Waals surface area contributed by atoms with Crippen LogP contribution in [0.2, 0.25) is 5.02 Å². The number of pyridine rings is 1. The molecule has 0 atom stereocenters. The van der Waals surface area contributed by atoms with Crippen LogP contribution in [-0.4, -0.2) is 4.98 Å². The predicted molar refractivity (Wildman–Crippen MR) is 68.7 cm³/mol. The predicted octanol–water partition coefficient (Wildman–Crippen LogP) is 4.58. The van der Waals surface area contributed by atoms with Crippen molar-refractivity contribution in [1.29, 1.82) is 0 Å². The molecule has 0 unspecified atom stereocenters. The zero-order valence-electron chi connectivity index (χ0n) is 8.86. The molecule has 0 fully saturated rings. The minimum atomic E-state index is 0.807. The Morgan fingerprint density at radius 1 is 1.20 bits per heavy atom. The van der Waals surface area contributed by atoms with E-state index in [1.165, 1.54) is 0 Å². The molecule has 0 spiro atoms. The Morgan fingerprint density at radius 2 is 1.87 bits per heavy atom. The molecule has 1 nitrogen and oxygen atoms in total. The van der Waals surface area contributed by atoms with Crippen LogP contribution >= 0.6 is 27.5 Å². The zero-order valence-corrected chi connectivity index (χ0v) is 11.2. The Hall–Kier alpha value is -0.600. The van der Waals surface area contributed by atoms with Gasteiger partial charge in [0.15, 0.2) is 0 Å². The number of fused-ring (bicyclic) bond motifs is 1. The first-order valence-corrected chi connectivity index (χ1v) is 5.90. The number of halogens is 2. The average Bonchev–Trinajstić information content (AvgIpc) is 2.17. The molecule has 1 aromatic heterocycles. The average molecular weight is 285 g/mol. The first kappa shape index (κ1) is 10.9. The number of rotatable bonds is 0. The van der Waals surface area contributed by atoms with Gasteiger partial charge in [-0.15, -0.1) is 0 Å². The second-order valence-electron chi connectivity index (χ2n) is 3.76. The molecule has 2 rings (SSSR count). The lowest BCUT2D eigenvalue weighted by atomic mass is 10.1. The lowest BCUT2D eigenvalue weighted by Gasteiger charge is -2.09. The number of aromatic nitrogens is 1. The molecule has 3 heteroatoms. The zero-order chi connectivity index (χ0) is 11.2. The van der Waals surface area contributed by atoms with E-state index in [0.717, 1.165) is 37.2 Å². The van der Waals surface area contributed by atoms with Crippen molar-refractivity contribution in [2.75, 3.05) is 0 Å². The summed E-state index contributed by atoms with van der Waals surface area (Å²) in [5, 5.41) is 1.83. The van der Waals surface area contributed by atoms with Crippen molar-refractivity contribution < 1.29 is 0 Å². The standard InChI is InChI=1S/C12H11BrClN/c1-6-4-9(13)5-10-11(14)7(2)8(3)15-12(6)10/h4-5H,1-3H3. The molecule has 0 radical (unpaired) electrons. The fourth-order valence-electron chi connectivity index (χ4n) is 1.66. The number of aryl methyl sites for hydroxylation is 2. The number of nitrogens with zero attached hydrogens (tertiary/aromatic N) is 1. The Balaban J connectivity index is 2.98. The van der Waals surface area contributed by atoms with Gasteiger partial charge in [0.25, 0.3) is 0 Å². The summed E-state index contributed by atoms with van der Waals surface area (Å²) in [5.74, 6) is 0. The van der Waals surface area contributed by atoms with E-state index in [1.807, 2.05) is 26.8 Å². The third kappa shape index (κ3) is 1.77. The van der Waals surface area contributed by atoms with Gasteiger partial charge >= 0.3 is 0 Å². The molecule has 0 aliphatic heterocycles. The molecule has 15 heavy (non-hydrogen) atoms. The third-order valence-electron chi connectivity index (χ3n) is 2.65. The minimum Gasteiger partial charge on any atom is -0.252 e. The lowest BCUT2D eigenvalue weighted by molar-refractivity contribution is 1.19. The third-order valence-corrected chi connectivity index (χ3v) is 3.60. The van der Waals surface area contributed by atoms with Gasteiger partial charge in [0.1, 0.15) is 0 Å². The molecule has 0 saturated carbocycles. The van der Waals surface area contributed by atoms with Gasteiger partial charge in [0, 0.05) is 15.6 Å². The van der Waals surface area contributed by atoms with Gasteiger partial charge < -0.3 is 0 Å². The highest BCUT2D eigenvalue weighted by atomic mass is 79.9. The van der Waals surface area contributed by atoms with Crippen LogP contribution in [0.25, 0.3) is 10.9 Å². The normalized spacial score (nSPS) is 11.0. The van der Waals surface area contributed by atoms with Crippen LogP contribution in [-0.2, 0) is 0 Å². The maximum Gasteiger partial charge on any atom is 0.0750 e. The maximum absolute atomic E-state index is 6.31. The van der Waals surface area contributed by atoms with Crippen LogP contribution in [0.5, 0.6) is 0 Å². The van der Waals surface area contributed by atoms with Crippen LogP contribution in [0.15, 0.2) is 16.6 Å². The molecule has 0 N–H and O–H groups in total. The molecule has 1 heterocycles. The Kier molecular flexibility index (Phi) is 2.73. The number of hydrogen-bond donors (Lipinski definition) is 0. The Labute approximate surface area is 103 Å². The van der Waals surface area contributed by atoms with Crippen LogP contribution in [0.1, 0.15) is 16.8 Å². The molecule has 2 aromatic rings. The van der Waals surface area contributed by atoms with E-state index in [4.69, 9.17) is 11.6 Å². The quantitative estimate of drug-likeness (QED) is 0.690. The van der Waals surface area contributed by atoms with E-state index in [9.17, 15) is 0 Å². The van der Waals surface area contributed by atoms with Crippen LogP contribution in [0.4, 0.5) is 0 Å². The van der Waals surface area contributed by atoms with E-state index in [2.05, 4.69) is 27.0 Å². The van der Waals surface area contributed by atoms with Crippen molar-refractivity contribution in [3.63, 3.8) is 0 Å². The van der Waals surface area contributed by atoms with Crippen molar-refractivity contribution in [3.05, 3.63) is 38.4 Å². The summed E-state index contributed by atoms with van der Waals surface area (Å²) in [6, 6.07) is 4.07. The largest absolute Gasteiger partial charge is 0.252 e. The molecule has 78 valence electrons. The number of hydrogen-bond acceptors (Lipinski definition) is 1. The smallest absolute Gasteiger partial charge is 0.0750 e. The molecule has 0 bridgehead atoms. The SMILES string of the molecule is Cc1nc2c(C)cc(Br)cc2c(Cl)c1C. The topological polar surface area (TPSA) is 12.9 Å². The van der Waals surface area contributed by atoms with Crippen molar-refractivity contribution >= 4 is 38.4 Å². The molecule has 0 aliphatic carbocycles. The second kappa shape index (κ2) is 3.76. The highest BCUT2D eigenvalue weighted by Gasteiger charge is 2.09. The Morgan fingerprint density at radius 3 is 2.53 bits per heavy atom. The molecule has 0 saturated heterocycles. The van der Waals surface area contributed by atoms with E-state index < -0.39 is 0 Å². The summed E-state index contributed by atoms with van der Waals surface area (Å²) in [4.78, 5) is 4.57. The maximum atomic E-state index is 6.31. The van der Waals surface area contributed by atoms with Gasteiger partial charge in [-0.2, -0.15) is 0 Å². The fraction of sp³-hybridized carbons (Fsp3) is 0.250. The van der Waals surface area contributed by atoms with Gasteiger partial charge in [-0.3, -0.25) is 4.98 Å². The van der Waals surface area contributed by atoms with Gasteiger partial charge in [0.05, 0.1) is 10.5 Å². The van der Waals surface area contributed by atoms with Crippen LogP contribution < -0.4 is 0 Å². The molecule has 0 aliphatic rings. The van der Waals surface area contributed by atoms with Gasteiger partial charge in [-0.25, -0.2) is 0 Å². The van der Waals surface area contributed by atoms with Crippen molar-refractivity contribution in [3.8, 4) is 0 Å².